The summed E-state index contributed by atoms with van der Waals surface area (Å²) in [4.78, 5) is 8.05. The average molecular weight is 443 g/mol. The minimum absolute atomic E-state index is 0.235. The highest BCUT2D eigenvalue weighted by atomic mass is 127. The van der Waals surface area contributed by atoms with Crippen LogP contribution in [0.25, 0.3) is 0 Å². The van der Waals surface area contributed by atoms with Crippen LogP contribution in [-0.4, -0.2) is 14.4 Å². The van der Waals surface area contributed by atoms with Crippen molar-refractivity contribution >= 4 is 68.4 Å². The molecule has 0 atom stereocenters. The highest BCUT2D eigenvalue weighted by molar-refractivity contribution is 14.1. The summed E-state index contributed by atoms with van der Waals surface area (Å²) in [6, 6.07) is 0. The van der Waals surface area contributed by atoms with E-state index in [4.69, 9.17) is 23.2 Å². The van der Waals surface area contributed by atoms with E-state index in [0.29, 0.717) is 5.15 Å². The lowest BCUT2D eigenvalue weighted by Gasteiger charge is -2.06. The Hall–Kier alpha value is 1.12. The summed E-state index contributed by atoms with van der Waals surface area (Å²) >= 11 is 16.2. The Morgan fingerprint density at radius 1 is 1.15 bits per heavy atom. The van der Waals surface area contributed by atoms with Crippen molar-refractivity contribution in [2.45, 2.75) is 10.8 Å². The normalized spacial score (nSPS) is 10.5. The summed E-state index contributed by atoms with van der Waals surface area (Å²) in [7, 11) is 0. The number of nitrogens with zero attached hydrogens (tertiary/aromatic N) is 2. The molecule has 0 saturated heterocycles. The first-order valence-corrected chi connectivity index (χ1v) is 7.32. The maximum atomic E-state index is 5.93. The minimum atomic E-state index is 0.235. The van der Waals surface area contributed by atoms with E-state index in [-0.39, 0.29) is 5.28 Å². The van der Waals surface area contributed by atoms with Crippen LogP contribution in [0.15, 0.2) is 0 Å². The van der Waals surface area contributed by atoms with Crippen LogP contribution in [0.3, 0.4) is 0 Å². The van der Waals surface area contributed by atoms with Crippen molar-refractivity contribution in [2.75, 3.05) is 4.43 Å². The van der Waals surface area contributed by atoms with Crippen molar-refractivity contribution in [3.05, 3.63) is 21.7 Å². The highest BCUT2D eigenvalue weighted by Crippen LogP contribution is 2.22. The average Bonchev–Trinajstić information content (AvgIpc) is 2.04. The maximum absolute atomic E-state index is 5.93. The van der Waals surface area contributed by atoms with Gasteiger partial charge in [-0.15, -0.1) is 0 Å². The van der Waals surface area contributed by atoms with E-state index in [1.807, 2.05) is 0 Å². The van der Waals surface area contributed by atoms with Gasteiger partial charge < -0.3 is 0 Å². The SMILES string of the molecule is Clc1nc(Cl)c(CI)c(CCI)n1. The molecule has 6 heteroatoms. The molecule has 0 aromatic carbocycles. The standard InChI is InChI=1S/C7H6Cl2I2N2/c8-6-4(3-11)5(1-2-10)12-7(9)13-6/h1-3H2. The van der Waals surface area contributed by atoms with Gasteiger partial charge in [-0.3, -0.25) is 0 Å². The van der Waals surface area contributed by atoms with Gasteiger partial charge in [0.25, 0.3) is 0 Å². The molecule has 13 heavy (non-hydrogen) atoms. The molecule has 1 rings (SSSR count). The molecule has 0 aliphatic carbocycles. The van der Waals surface area contributed by atoms with Gasteiger partial charge in [-0.1, -0.05) is 56.8 Å². The molecule has 0 unspecified atom stereocenters. The molecular formula is C7H6Cl2I2N2. The van der Waals surface area contributed by atoms with E-state index in [9.17, 15) is 0 Å². The quantitative estimate of drug-likeness (QED) is 0.309. The van der Waals surface area contributed by atoms with E-state index in [1.165, 1.54) is 0 Å². The third kappa shape index (κ3) is 3.32. The summed E-state index contributed by atoms with van der Waals surface area (Å²) in [5.41, 5.74) is 1.97. The Morgan fingerprint density at radius 3 is 2.38 bits per heavy atom. The molecule has 0 aliphatic rings. The third-order valence-corrected chi connectivity index (χ3v) is 3.26. The largest absolute Gasteiger partial charge is 0.224 e. The maximum Gasteiger partial charge on any atom is 0.224 e. The Bertz CT molecular complexity index is 307. The minimum Gasteiger partial charge on any atom is -0.223 e. The second kappa shape index (κ2) is 5.87. The fourth-order valence-corrected chi connectivity index (χ4v) is 2.92. The van der Waals surface area contributed by atoms with Crippen molar-refractivity contribution in [1.29, 1.82) is 0 Å². The number of hydrogen-bond donors (Lipinski definition) is 0. The van der Waals surface area contributed by atoms with Gasteiger partial charge in [0, 0.05) is 14.4 Å². The Kier molecular flexibility index (Phi) is 5.50. The van der Waals surface area contributed by atoms with Gasteiger partial charge in [-0.05, 0) is 18.0 Å². The Labute approximate surface area is 114 Å². The van der Waals surface area contributed by atoms with Crippen molar-refractivity contribution in [3.63, 3.8) is 0 Å². The number of hydrogen-bond acceptors (Lipinski definition) is 2. The van der Waals surface area contributed by atoms with Gasteiger partial charge in [0.2, 0.25) is 5.28 Å². The summed E-state index contributed by atoms with van der Waals surface area (Å²) in [6.45, 7) is 0. The fourth-order valence-electron chi connectivity index (χ4n) is 0.900. The van der Waals surface area contributed by atoms with Crippen molar-refractivity contribution in [3.8, 4) is 0 Å². The first-order valence-electron chi connectivity index (χ1n) is 3.51. The predicted molar refractivity (Wildman–Crippen MR) is 72.4 cm³/mol. The van der Waals surface area contributed by atoms with E-state index >= 15 is 0 Å². The van der Waals surface area contributed by atoms with E-state index in [1.54, 1.807) is 0 Å². The summed E-state index contributed by atoms with van der Waals surface area (Å²) < 4.78 is 1.82. The summed E-state index contributed by atoms with van der Waals surface area (Å²) in [5, 5.41) is 0.715. The molecule has 1 aromatic rings. The topological polar surface area (TPSA) is 25.8 Å². The predicted octanol–water partition coefficient (Wildman–Crippen LogP) is 3.70. The molecule has 0 fully saturated rings. The van der Waals surface area contributed by atoms with Gasteiger partial charge >= 0.3 is 0 Å². The smallest absolute Gasteiger partial charge is 0.223 e. The monoisotopic (exact) mass is 442 g/mol. The third-order valence-electron chi connectivity index (χ3n) is 1.48. The fraction of sp³-hybridized carbons (Fsp3) is 0.429. The van der Waals surface area contributed by atoms with Crippen LogP contribution < -0.4 is 0 Å². The van der Waals surface area contributed by atoms with Crippen molar-refractivity contribution in [1.82, 2.24) is 9.97 Å². The van der Waals surface area contributed by atoms with Crippen LogP contribution in [0.4, 0.5) is 0 Å². The van der Waals surface area contributed by atoms with Gasteiger partial charge in [0.1, 0.15) is 5.15 Å². The lowest BCUT2D eigenvalue weighted by molar-refractivity contribution is 0.983. The van der Waals surface area contributed by atoms with E-state index in [2.05, 4.69) is 55.1 Å². The lowest BCUT2D eigenvalue weighted by Crippen LogP contribution is -2.01. The molecule has 0 bridgehead atoms. The molecule has 0 saturated carbocycles. The van der Waals surface area contributed by atoms with Crippen LogP contribution in [-0.2, 0) is 10.8 Å². The molecule has 1 heterocycles. The molecule has 0 radical (unpaired) electrons. The van der Waals surface area contributed by atoms with Gasteiger partial charge in [0.05, 0.1) is 5.69 Å². The van der Waals surface area contributed by atoms with Gasteiger partial charge in [-0.2, -0.15) is 0 Å². The van der Waals surface area contributed by atoms with Crippen LogP contribution in [0.5, 0.6) is 0 Å². The van der Waals surface area contributed by atoms with Crippen LogP contribution in [0.1, 0.15) is 11.3 Å². The number of alkyl halides is 2. The van der Waals surface area contributed by atoms with Crippen molar-refractivity contribution in [2.24, 2.45) is 0 Å². The zero-order chi connectivity index (χ0) is 9.84. The number of aryl methyl sites for hydroxylation is 1. The zero-order valence-corrected chi connectivity index (χ0v) is 12.4. The molecule has 0 amide bonds. The number of rotatable bonds is 3. The number of aromatic nitrogens is 2. The van der Waals surface area contributed by atoms with E-state index < -0.39 is 0 Å². The second-order valence-electron chi connectivity index (χ2n) is 2.28. The molecule has 0 spiro atoms. The molecule has 0 aliphatic heterocycles. The van der Waals surface area contributed by atoms with Gasteiger partial charge in [0.15, 0.2) is 0 Å². The first-order chi connectivity index (χ1) is 6.19. The molecule has 2 nitrogen and oxygen atoms in total. The van der Waals surface area contributed by atoms with Crippen molar-refractivity contribution < 1.29 is 0 Å². The Morgan fingerprint density at radius 2 is 1.85 bits per heavy atom. The van der Waals surface area contributed by atoms with Gasteiger partial charge in [-0.25, -0.2) is 9.97 Å². The first kappa shape index (κ1) is 12.2. The number of halogens is 4. The lowest BCUT2D eigenvalue weighted by atomic mass is 10.2. The Balaban J connectivity index is 3.13. The zero-order valence-electron chi connectivity index (χ0n) is 6.53. The van der Waals surface area contributed by atoms with Crippen LogP contribution in [0, 0.1) is 0 Å². The highest BCUT2D eigenvalue weighted by Gasteiger charge is 2.10. The molecule has 0 N–H and O–H groups in total. The van der Waals surface area contributed by atoms with E-state index in [0.717, 1.165) is 26.5 Å². The van der Waals surface area contributed by atoms with Crippen LogP contribution >= 0.6 is 68.4 Å². The molecule has 1 aromatic heterocycles. The summed E-state index contributed by atoms with van der Waals surface area (Å²) in [6.07, 6.45) is 0.890. The van der Waals surface area contributed by atoms with Crippen LogP contribution in [0.2, 0.25) is 10.4 Å². The summed E-state index contributed by atoms with van der Waals surface area (Å²) in [5.74, 6) is 0. The molecular weight excluding hydrogens is 437 g/mol. The second-order valence-corrected chi connectivity index (χ2v) is 4.82. The molecule has 72 valence electrons.